The maximum absolute atomic E-state index is 13.0. The minimum atomic E-state index is -0.426. The van der Waals surface area contributed by atoms with E-state index < -0.39 is 5.92 Å². The van der Waals surface area contributed by atoms with E-state index in [9.17, 15) is 9.59 Å². The zero-order chi connectivity index (χ0) is 22.0. The van der Waals surface area contributed by atoms with Gasteiger partial charge in [-0.15, -0.1) is 0 Å². The van der Waals surface area contributed by atoms with Gasteiger partial charge in [0.15, 0.2) is 5.16 Å². The molecule has 1 aliphatic heterocycles. The van der Waals surface area contributed by atoms with Crippen molar-refractivity contribution in [1.82, 2.24) is 9.97 Å². The van der Waals surface area contributed by atoms with Crippen LogP contribution in [-0.2, 0) is 10.5 Å². The van der Waals surface area contributed by atoms with Crippen LogP contribution in [0.2, 0.25) is 5.02 Å². The van der Waals surface area contributed by atoms with Crippen LogP contribution in [0.3, 0.4) is 0 Å². The van der Waals surface area contributed by atoms with Crippen LogP contribution in [-0.4, -0.2) is 22.0 Å². The number of anilines is 1. The normalized spacial score (nSPS) is 15.5. The Labute approximate surface area is 189 Å². The fraction of sp³-hybridized carbons (Fsp3) is 0.261. The zero-order valence-corrected chi connectivity index (χ0v) is 18.7. The fourth-order valence-electron chi connectivity index (χ4n) is 3.55. The van der Waals surface area contributed by atoms with Crippen molar-refractivity contribution >= 4 is 35.1 Å². The third-order valence-electron chi connectivity index (χ3n) is 4.88. The summed E-state index contributed by atoms with van der Waals surface area (Å²) in [5, 5.41) is 3.89. The lowest BCUT2D eigenvalue weighted by Crippen LogP contribution is -2.31. The number of hydrogen-bond donors (Lipinski definition) is 2. The maximum Gasteiger partial charge on any atom is 0.257 e. The van der Waals surface area contributed by atoms with E-state index in [1.54, 1.807) is 0 Å². The summed E-state index contributed by atoms with van der Waals surface area (Å²) < 4.78 is 5.93. The molecule has 0 spiro atoms. The molecule has 3 aromatic rings. The van der Waals surface area contributed by atoms with Gasteiger partial charge in [0, 0.05) is 28.7 Å². The van der Waals surface area contributed by atoms with Gasteiger partial charge in [-0.3, -0.25) is 9.59 Å². The van der Waals surface area contributed by atoms with Gasteiger partial charge in [0.05, 0.1) is 11.7 Å². The third kappa shape index (κ3) is 4.94. The molecule has 0 aliphatic carbocycles. The molecule has 160 valence electrons. The summed E-state index contributed by atoms with van der Waals surface area (Å²) in [6.07, 6.45) is 0.133. The van der Waals surface area contributed by atoms with Gasteiger partial charge in [0.1, 0.15) is 11.6 Å². The molecule has 1 atom stereocenters. The molecule has 0 bridgehead atoms. The van der Waals surface area contributed by atoms with E-state index in [1.165, 1.54) is 11.8 Å². The largest absolute Gasteiger partial charge is 0.491 e. The monoisotopic (exact) mass is 455 g/mol. The fourth-order valence-corrected chi connectivity index (χ4v) is 4.49. The second-order valence-electron chi connectivity index (χ2n) is 7.56. The standard InChI is InChI=1S/C23H22ClN3O3S/c1-13(2)30-18-6-4-3-5-16(18)17-11-19(28)25-21-20(17)22(29)27-23(26-21)31-12-14-7-9-15(24)10-8-14/h3-10,13,17H,11-12H2,1-2H3,(H2,25,26,27,28,29)/t17-/m1/s1. The Balaban J connectivity index is 1.66. The highest BCUT2D eigenvalue weighted by atomic mass is 35.5. The first kappa shape index (κ1) is 21.5. The Morgan fingerprint density at radius 1 is 1.16 bits per heavy atom. The van der Waals surface area contributed by atoms with Crippen LogP contribution < -0.4 is 15.6 Å². The lowest BCUT2D eigenvalue weighted by atomic mass is 9.86. The predicted molar refractivity (Wildman–Crippen MR) is 123 cm³/mol. The highest BCUT2D eigenvalue weighted by Crippen LogP contribution is 2.39. The van der Waals surface area contributed by atoms with Gasteiger partial charge in [-0.1, -0.05) is 53.7 Å². The van der Waals surface area contributed by atoms with Crippen molar-refractivity contribution in [3.63, 3.8) is 0 Å². The maximum atomic E-state index is 13.0. The predicted octanol–water partition coefficient (Wildman–Crippen LogP) is 4.98. The quantitative estimate of drug-likeness (QED) is 0.404. The molecule has 2 heterocycles. The number of ether oxygens (including phenoxy) is 1. The van der Waals surface area contributed by atoms with Crippen LogP contribution in [0.4, 0.5) is 5.82 Å². The minimum absolute atomic E-state index is 0.0268. The van der Waals surface area contributed by atoms with Gasteiger partial charge in [-0.25, -0.2) is 4.98 Å². The van der Waals surface area contributed by atoms with Crippen LogP contribution in [0.25, 0.3) is 0 Å². The number of aromatic amines is 1. The van der Waals surface area contributed by atoms with Crippen molar-refractivity contribution in [3.05, 3.63) is 80.6 Å². The van der Waals surface area contributed by atoms with Gasteiger partial charge in [-0.05, 0) is 37.6 Å². The molecule has 31 heavy (non-hydrogen) atoms. The number of H-pyrrole nitrogens is 1. The summed E-state index contributed by atoms with van der Waals surface area (Å²) >= 11 is 7.32. The number of benzene rings is 2. The summed E-state index contributed by atoms with van der Waals surface area (Å²) in [6, 6.07) is 15.0. The van der Waals surface area contributed by atoms with Crippen molar-refractivity contribution in [3.8, 4) is 5.75 Å². The topological polar surface area (TPSA) is 84.1 Å². The van der Waals surface area contributed by atoms with E-state index in [4.69, 9.17) is 16.3 Å². The molecule has 0 unspecified atom stereocenters. The summed E-state index contributed by atoms with van der Waals surface area (Å²) in [5.74, 6) is 0.988. The van der Waals surface area contributed by atoms with Gasteiger partial charge >= 0.3 is 0 Å². The number of aromatic nitrogens is 2. The molecule has 0 saturated carbocycles. The summed E-state index contributed by atoms with van der Waals surface area (Å²) in [7, 11) is 0. The van der Waals surface area contributed by atoms with Crippen molar-refractivity contribution in [2.75, 3.05) is 5.32 Å². The van der Waals surface area contributed by atoms with Crippen LogP contribution in [0, 0.1) is 0 Å². The number of nitrogens with one attached hydrogen (secondary N) is 2. The second kappa shape index (κ2) is 9.16. The number of para-hydroxylation sites is 1. The third-order valence-corrected chi connectivity index (χ3v) is 6.07. The molecule has 6 nitrogen and oxygen atoms in total. The van der Waals surface area contributed by atoms with Crippen molar-refractivity contribution in [2.24, 2.45) is 0 Å². The number of hydrogen-bond acceptors (Lipinski definition) is 5. The Morgan fingerprint density at radius 2 is 1.90 bits per heavy atom. The van der Waals surface area contributed by atoms with Gasteiger partial charge in [-0.2, -0.15) is 0 Å². The molecular formula is C23H22ClN3O3S. The van der Waals surface area contributed by atoms with Crippen LogP contribution >= 0.6 is 23.4 Å². The van der Waals surface area contributed by atoms with E-state index in [1.807, 2.05) is 62.4 Å². The molecule has 4 rings (SSSR count). The number of thioether (sulfide) groups is 1. The van der Waals surface area contributed by atoms with E-state index in [2.05, 4.69) is 15.3 Å². The number of fused-ring (bicyclic) bond motifs is 1. The Kier molecular flexibility index (Phi) is 6.34. The first-order valence-corrected chi connectivity index (χ1v) is 11.3. The highest BCUT2D eigenvalue weighted by Gasteiger charge is 2.32. The number of carbonyl (C=O) groups is 1. The van der Waals surface area contributed by atoms with Crippen molar-refractivity contribution in [1.29, 1.82) is 0 Å². The Hall–Kier alpha value is -2.77. The summed E-state index contributed by atoms with van der Waals surface area (Å²) in [6.45, 7) is 3.88. The first-order valence-electron chi connectivity index (χ1n) is 9.97. The van der Waals surface area contributed by atoms with E-state index in [-0.39, 0.29) is 24.0 Å². The lowest BCUT2D eigenvalue weighted by molar-refractivity contribution is -0.116. The van der Waals surface area contributed by atoms with E-state index in [0.717, 1.165) is 11.1 Å². The average molecular weight is 456 g/mol. The summed E-state index contributed by atoms with van der Waals surface area (Å²) in [4.78, 5) is 32.9. The molecular weight excluding hydrogens is 434 g/mol. The van der Waals surface area contributed by atoms with Gasteiger partial charge < -0.3 is 15.0 Å². The number of nitrogens with zero attached hydrogens (tertiary/aromatic N) is 1. The minimum Gasteiger partial charge on any atom is -0.491 e. The van der Waals surface area contributed by atoms with Crippen LogP contribution in [0.1, 0.15) is 42.9 Å². The van der Waals surface area contributed by atoms with Gasteiger partial charge in [0.2, 0.25) is 5.91 Å². The smallest absolute Gasteiger partial charge is 0.257 e. The van der Waals surface area contributed by atoms with Crippen LogP contribution in [0.15, 0.2) is 58.5 Å². The van der Waals surface area contributed by atoms with Crippen molar-refractivity contribution < 1.29 is 9.53 Å². The lowest BCUT2D eigenvalue weighted by Gasteiger charge is -2.26. The molecule has 1 aromatic heterocycles. The molecule has 0 fully saturated rings. The Morgan fingerprint density at radius 3 is 2.65 bits per heavy atom. The molecule has 0 radical (unpaired) electrons. The highest BCUT2D eigenvalue weighted by molar-refractivity contribution is 7.98. The van der Waals surface area contributed by atoms with Crippen LogP contribution in [0.5, 0.6) is 5.75 Å². The molecule has 2 N–H and O–H groups in total. The SMILES string of the molecule is CC(C)Oc1ccccc1[C@H]1CC(=O)Nc2nc(SCc3ccc(Cl)cc3)[nH]c(=O)c21. The second-order valence-corrected chi connectivity index (χ2v) is 8.96. The average Bonchev–Trinajstić information content (AvgIpc) is 2.72. The number of amides is 1. The molecule has 8 heteroatoms. The molecule has 1 aliphatic rings. The number of carbonyl (C=O) groups excluding carboxylic acids is 1. The molecule has 2 aromatic carbocycles. The van der Waals surface area contributed by atoms with E-state index >= 15 is 0 Å². The molecule has 1 amide bonds. The zero-order valence-electron chi connectivity index (χ0n) is 17.1. The first-order chi connectivity index (χ1) is 14.9. The van der Waals surface area contributed by atoms with Gasteiger partial charge in [0.25, 0.3) is 5.56 Å². The number of halogens is 1. The van der Waals surface area contributed by atoms with E-state index in [0.29, 0.717) is 33.1 Å². The molecule has 0 saturated heterocycles. The number of rotatable bonds is 6. The summed E-state index contributed by atoms with van der Waals surface area (Å²) in [5.41, 5.74) is 2.06. The van der Waals surface area contributed by atoms with Crippen molar-refractivity contribution in [2.45, 2.75) is 43.2 Å². The Bertz CT molecular complexity index is 1160.